The molecule has 2 nitrogen and oxygen atoms in total. The van der Waals surface area contributed by atoms with Gasteiger partial charge in [-0.2, -0.15) is 0 Å². The molecule has 1 heterocycles. The molecule has 1 aliphatic rings. The van der Waals surface area contributed by atoms with Gasteiger partial charge in [0.1, 0.15) is 0 Å². The molecule has 1 saturated carbocycles. The first-order valence-electron chi connectivity index (χ1n) is 6.36. The van der Waals surface area contributed by atoms with Crippen LogP contribution in [0.2, 0.25) is 0 Å². The van der Waals surface area contributed by atoms with E-state index in [0.717, 1.165) is 35.2 Å². The van der Waals surface area contributed by atoms with E-state index < -0.39 is 0 Å². The molecule has 88 valence electrons. The Morgan fingerprint density at radius 3 is 2.88 bits per heavy atom. The Morgan fingerprint density at radius 2 is 2.06 bits per heavy atom. The first-order valence-corrected chi connectivity index (χ1v) is 6.36. The van der Waals surface area contributed by atoms with Crippen molar-refractivity contribution in [3.8, 4) is 0 Å². The number of para-hydroxylation sites is 1. The van der Waals surface area contributed by atoms with Crippen LogP contribution in [0.1, 0.15) is 37.4 Å². The number of hydrogen-bond donors (Lipinski definition) is 1. The van der Waals surface area contributed by atoms with Crippen LogP contribution in [0.15, 0.2) is 36.5 Å². The Labute approximate surface area is 101 Å². The normalized spacial score (nSPS) is 17.2. The first-order chi connectivity index (χ1) is 8.34. The highest BCUT2D eigenvalue weighted by Gasteiger charge is 2.22. The van der Waals surface area contributed by atoms with Crippen LogP contribution in [0.25, 0.3) is 10.9 Å². The van der Waals surface area contributed by atoms with Crippen LogP contribution >= 0.6 is 0 Å². The van der Waals surface area contributed by atoms with E-state index in [1.165, 1.54) is 12.8 Å². The van der Waals surface area contributed by atoms with Gasteiger partial charge in [0.25, 0.3) is 0 Å². The lowest BCUT2D eigenvalue weighted by atomic mass is 10.0. The molecule has 1 fully saturated rings. The molecule has 1 aromatic carbocycles. The van der Waals surface area contributed by atoms with Gasteiger partial charge in [-0.05, 0) is 24.8 Å². The molecular formula is C15H17NO. The molecule has 0 amide bonds. The van der Waals surface area contributed by atoms with E-state index in [2.05, 4.69) is 4.98 Å². The monoisotopic (exact) mass is 227 g/mol. The van der Waals surface area contributed by atoms with Crippen molar-refractivity contribution in [3.63, 3.8) is 0 Å². The Kier molecular flexibility index (Phi) is 2.81. The summed E-state index contributed by atoms with van der Waals surface area (Å²) in [6.07, 6.45) is 6.12. The van der Waals surface area contributed by atoms with E-state index in [1.54, 1.807) is 6.20 Å². The molecule has 0 aliphatic heterocycles. The minimum Gasteiger partial charge on any atom is -0.388 e. The summed E-state index contributed by atoms with van der Waals surface area (Å²) >= 11 is 0. The van der Waals surface area contributed by atoms with E-state index >= 15 is 0 Å². The van der Waals surface area contributed by atoms with Crippen molar-refractivity contribution < 1.29 is 5.11 Å². The second-order valence-corrected chi connectivity index (χ2v) is 4.96. The number of rotatable bonds is 4. The lowest BCUT2D eigenvalue weighted by molar-refractivity contribution is 0.163. The summed E-state index contributed by atoms with van der Waals surface area (Å²) in [4.78, 5) is 4.38. The number of fused-ring (bicyclic) bond motifs is 1. The van der Waals surface area contributed by atoms with Crippen LogP contribution in [0.3, 0.4) is 0 Å². The summed E-state index contributed by atoms with van der Waals surface area (Å²) in [5.74, 6) is 0.868. The van der Waals surface area contributed by atoms with Crippen molar-refractivity contribution in [2.75, 3.05) is 0 Å². The summed E-state index contributed by atoms with van der Waals surface area (Å²) < 4.78 is 0. The SMILES string of the molecule is OC(CCC1CC1)c1cccc2cccnc12. The number of aliphatic hydroxyl groups excluding tert-OH is 1. The van der Waals surface area contributed by atoms with Crippen molar-refractivity contribution in [2.24, 2.45) is 5.92 Å². The first kappa shape index (κ1) is 10.7. The van der Waals surface area contributed by atoms with Crippen LogP contribution in [0.5, 0.6) is 0 Å². The topological polar surface area (TPSA) is 33.1 Å². The molecular weight excluding hydrogens is 210 g/mol. The number of aromatic nitrogens is 1. The highest BCUT2D eigenvalue weighted by atomic mass is 16.3. The minimum absolute atomic E-state index is 0.366. The third kappa shape index (κ3) is 2.32. The summed E-state index contributed by atoms with van der Waals surface area (Å²) in [6, 6.07) is 10.0. The highest BCUT2D eigenvalue weighted by molar-refractivity contribution is 5.81. The third-order valence-corrected chi connectivity index (χ3v) is 3.57. The van der Waals surface area contributed by atoms with E-state index in [0.29, 0.717) is 0 Å². The van der Waals surface area contributed by atoms with Crippen molar-refractivity contribution >= 4 is 10.9 Å². The number of hydrogen-bond acceptors (Lipinski definition) is 2. The average Bonchev–Trinajstić information content (AvgIpc) is 3.19. The maximum atomic E-state index is 10.3. The molecule has 1 aromatic heterocycles. The fourth-order valence-electron chi connectivity index (χ4n) is 2.35. The third-order valence-electron chi connectivity index (χ3n) is 3.57. The van der Waals surface area contributed by atoms with Crippen LogP contribution in [-0.2, 0) is 0 Å². The molecule has 2 heteroatoms. The number of aliphatic hydroxyl groups is 1. The van der Waals surface area contributed by atoms with Gasteiger partial charge in [0, 0.05) is 17.1 Å². The number of nitrogens with zero attached hydrogens (tertiary/aromatic N) is 1. The van der Waals surface area contributed by atoms with Crippen LogP contribution in [0, 0.1) is 5.92 Å². The maximum Gasteiger partial charge on any atom is 0.0811 e. The summed E-state index contributed by atoms with van der Waals surface area (Å²) in [7, 11) is 0. The predicted molar refractivity (Wildman–Crippen MR) is 68.7 cm³/mol. The van der Waals surface area contributed by atoms with Gasteiger partial charge in [-0.1, -0.05) is 37.1 Å². The molecule has 0 saturated heterocycles. The smallest absolute Gasteiger partial charge is 0.0811 e. The second kappa shape index (κ2) is 4.46. The van der Waals surface area contributed by atoms with Gasteiger partial charge in [-0.15, -0.1) is 0 Å². The zero-order valence-electron chi connectivity index (χ0n) is 9.84. The maximum absolute atomic E-state index is 10.3. The molecule has 0 spiro atoms. The zero-order chi connectivity index (χ0) is 11.7. The van der Waals surface area contributed by atoms with Gasteiger partial charge < -0.3 is 5.11 Å². The molecule has 2 aromatic rings. The molecule has 1 N–H and O–H groups in total. The second-order valence-electron chi connectivity index (χ2n) is 4.96. The molecule has 17 heavy (non-hydrogen) atoms. The molecule has 1 aliphatic carbocycles. The molecule has 1 atom stereocenters. The van der Waals surface area contributed by atoms with Crippen LogP contribution in [0.4, 0.5) is 0 Å². The standard InChI is InChI=1S/C15H17NO/c17-14(9-8-11-6-7-11)13-5-1-3-12-4-2-10-16-15(12)13/h1-5,10-11,14,17H,6-9H2. The quantitative estimate of drug-likeness (QED) is 0.867. The molecule has 0 radical (unpaired) electrons. The summed E-state index contributed by atoms with van der Waals surface area (Å²) in [5.41, 5.74) is 1.92. The number of benzene rings is 1. The van der Waals surface area contributed by atoms with Gasteiger partial charge >= 0.3 is 0 Å². The van der Waals surface area contributed by atoms with Gasteiger partial charge in [-0.3, -0.25) is 4.98 Å². The number of pyridine rings is 1. The molecule has 1 unspecified atom stereocenters. The summed E-state index contributed by atoms with van der Waals surface area (Å²) in [5, 5.41) is 11.4. The average molecular weight is 227 g/mol. The molecule has 3 rings (SSSR count). The Balaban J connectivity index is 1.87. The van der Waals surface area contributed by atoms with Crippen molar-refractivity contribution in [3.05, 3.63) is 42.1 Å². The fraction of sp³-hybridized carbons (Fsp3) is 0.400. The lowest BCUT2D eigenvalue weighted by Gasteiger charge is -2.12. The largest absolute Gasteiger partial charge is 0.388 e. The van der Waals surface area contributed by atoms with Gasteiger partial charge in [0.05, 0.1) is 11.6 Å². The van der Waals surface area contributed by atoms with E-state index in [1.807, 2.05) is 30.3 Å². The Morgan fingerprint density at radius 1 is 1.24 bits per heavy atom. The minimum atomic E-state index is -0.366. The van der Waals surface area contributed by atoms with Gasteiger partial charge in [0.2, 0.25) is 0 Å². The Bertz CT molecular complexity index is 514. The van der Waals surface area contributed by atoms with E-state index in [-0.39, 0.29) is 6.10 Å². The Hall–Kier alpha value is -1.41. The van der Waals surface area contributed by atoms with Gasteiger partial charge in [0.15, 0.2) is 0 Å². The van der Waals surface area contributed by atoms with Gasteiger partial charge in [-0.25, -0.2) is 0 Å². The van der Waals surface area contributed by atoms with Crippen molar-refractivity contribution in [1.82, 2.24) is 4.98 Å². The lowest BCUT2D eigenvalue weighted by Crippen LogP contribution is -2.00. The molecule has 0 bridgehead atoms. The van der Waals surface area contributed by atoms with Crippen LogP contribution < -0.4 is 0 Å². The van der Waals surface area contributed by atoms with E-state index in [4.69, 9.17) is 0 Å². The van der Waals surface area contributed by atoms with Crippen molar-refractivity contribution in [1.29, 1.82) is 0 Å². The highest BCUT2D eigenvalue weighted by Crippen LogP contribution is 2.36. The predicted octanol–water partition coefficient (Wildman–Crippen LogP) is 3.46. The van der Waals surface area contributed by atoms with Crippen LogP contribution in [-0.4, -0.2) is 10.1 Å². The van der Waals surface area contributed by atoms with Crippen molar-refractivity contribution in [2.45, 2.75) is 31.8 Å². The summed E-state index contributed by atoms with van der Waals surface area (Å²) in [6.45, 7) is 0. The van der Waals surface area contributed by atoms with E-state index in [9.17, 15) is 5.11 Å². The fourth-order valence-corrected chi connectivity index (χ4v) is 2.35. The zero-order valence-corrected chi connectivity index (χ0v) is 9.84.